The molecule has 0 aromatic carbocycles. The molecule has 0 spiro atoms. The first-order chi connectivity index (χ1) is 9.40. The number of nitrogens with zero attached hydrogens (tertiary/aromatic N) is 2. The first-order valence-electron chi connectivity index (χ1n) is 6.60. The molecule has 6 nitrogen and oxygen atoms in total. The van der Waals surface area contributed by atoms with Crippen molar-refractivity contribution in [3.63, 3.8) is 0 Å². The summed E-state index contributed by atoms with van der Waals surface area (Å²) in [5.74, 6) is 0.000537. The van der Waals surface area contributed by atoms with E-state index in [1.807, 2.05) is 0 Å². The van der Waals surface area contributed by atoms with Gasteiger partial charge in [-0.3, -0.25) is 14.3 Å². The minimum atomic E-state index is -0.646. The molecule has 0 radical (unpaired) electrons. The molecule has 1 aliphatic rings. The van der Waals surface area contributed by atoms with Gasteiger partial charge in [-0.05, 0) is 26.7 Å². The maximum Gasteiger partial charge on any atom is 0.241 e. The predicted octanol–water partition coefficient (Wildman–Crippen LogP) is 1.37. The molecule has 0 bridgehead atoms. The van der Waals surface area contributed by atoms with Gasteiger partial charge in [-0.2, -0.15) is 5.10 Å². The zero-order valence-electron chi connectivity index (χ0n) is 11.6. The molecule has 1 heterocycles. The van der Waals surface area contributed by atoms with Gasteiger partial charge in [0.1, 0.15) is 6.54 Å². The van der Waals surface area contributed by atoms with E-state index in [4.69, 9.17) is 11.6 Å². The van der Waals surface area contributed by atoms with Crippen LogP contribution in [-0.2, 0) is 16.1 Å². The van der Waals surface area contributed by atoms with E-state index in [2.05, 4.69) is 15.7 Å². The second kappa shape index (κ2) is 5.83. The Morgan fingerprint density at radius 2 is 2.20 bits per heavy atom. The lowest BCUT2D eigenvalue weighted by atomic mass is 9.95. The van der Waals surface area contributed by atoms with E-state index >= 15 is 0 Å². The Morgan fingerprint density at radius 3 is 2.80 bits per heavy atom. The van der Waals surface area contributed by atoms with Crippen molar-refractivity contribution in [1.29, 1.82) is 0 Å². The van der Waals surface area contributed by atoms with E-state index in [1.54, 1.807) is 20.0 Å². The van der Waals surface area contributed by atoms with Gasteiger partial charge in [0, 0.05) is 18.1 Å². The van der Waals surface area contributed by atoms with Crippen molar-refractivity contribution in [2.45, 2.75) is 39.3 Å². The lowest BCUT2D eigenvalue weighted by Crippen LogP contribution is -2.32. The molecule has 1 aromatic rings. The van der Waals surface area contributed by atoms with Crippen LogP contribution in [0.1, 0.15) is 26.7 Å². The number of carbonyl (C=O) groups excluding carboxylic acids is 2. The maximum absolute atomic E-state index is 11.9. The number of anilines is 1. The van der Waals surface area contributed by atoms with Crippen LogP contribution < -0.4 is 10.6 Å². The molecular formula is C13H19ClN4O2. The van der Waals surface area contributed by atoms with E-state index in [9.17, 15) is 9.59 Å². The Hall–Kier alpha value is -1.56. The minimum Gasteiger partial charge on any atom is -0.352 e. The number of hydrogen-bond acceptors (Lipinski definition) is 3. The van der Waals surface area contributed by atoms with Crippen LogP contribution in [0, 0.1) is 5.41 Å². The third-order valence-electron chi connectivity index (χ3n) is 3.09. The Morgan fingerprint density at radius 1 is 1.50 bits per heavy atom. The Bertz CT molecular complexity index is 508. The Kier molecular flexibility index (Phi) is 4.32. The topological polar surface area (TPSA) is 76.0 Å². The monoisotopic (exact) mass is 298 g/mol. The Balaban J connectivity index is 1.88. The fourth-order valence-corrected chi connectivity index (χ4v) is 1.65. The van der Waals surface area contributed by atoms with Gasteiger partial charge in [0.25, 0.3) is 0 Å². The van der Waals surface area contributed by atoms with Crippen molar-refractivity contribution < 1.29 is 9.59 Å². The summed E-state index contributed by atoms with van der Waals surface area (Å²) < 4.78 is 1.50. The van der Waals surface area contributed by atoms with E-state index in [1.165, 1.54) is 10.9 Å². The molecule has 1 saturated carbocycles. The molecular weight excluding hydrogens is 280 g/mol. The predicted molar refractivity (Wildman–Crippen MR) is 76.5 cm³/mol. The van der Waals surface area contributed by atoms with Gasteiger partial charge in [-0.15, -0.1) is 11.6 Å². The van der Waals surface area contributed by atoms with Crippen LogP contribution in [0.15, 0.2) is 12.4 Å². The fraction of sp³-hybridized carbons (Fsp3) is 0.615. The zero-order chi connectivity index (χ0) is 14.8. The number of aromatic nitrogens is 2. The van der Waals surface area contributed by atoms with E-state index < -0.39 is 5.41 Å². The standard InChI is InChI=1S/C13H19ClN4O2/c1-13(2,8-14)12(20)17-10-5-15-18(6-10)7-11(19)16-9-3-4-9/h5-6,9H,3-4,7-8H2,1-2H3,(H,16,19)(H,17,20). The highest BCUT2D eigenvalue weighted by atomic mass is 35.5. The summed E-state index contributed by atoms with van der Waals surface area (Å²) in [7, 11) is 0. The van der Waals surface area contributed by atoms with Gasteiger partial charge in [-0.1, -0.05) is 0 Å². The van der Waals surface area contributed by atoms with Crippen LogP contribution in [0.25, 0.3) is 0 Å². The lowest BCUT2D eigenvalue weighted by Gasteiger charge is -2.19. The molecule has 0 atom stereocenters. The SMILES string of the molecule is CC(C)(CCl)C(=O)Nc1cnn(CC(=O)NC2CC2)c1. The van der Waals surface area contributed by atoms with Gasteiger partial charge in [-0.25, -0.2) is 0 Å². The second-order valence-corrected chi connectivity index (χ2v) is 6.01. The maximum atomic E-state index is 11.9. The lowest BCUT2D eigenvalue weighted by molar-refractivity contribution is -0.123. The molecule has 0 saturated heterocycles. The van der Waals surface area contributed by atoms with Crippen molar-refractivity contribution >= 4 is 29.1 Å². The van der Waals surface area contributed by atoms with Crippen LogP contribution in [-0.4, -0.2) is 33.5 Å². The fourth-order valence-electron chi connectivity index (χ4n) is 1.52. The van der Waals surface area contributed by atoms with Crippen molar-refractivity contribution in [3.8, 4) is 0 Å². The molecule has 1 aromatic heterocycles. The Labute approximate surface area is 122 Å². The van der Waals surface area contributed by atoms with E-state index in [0.29, 0.717) is 11.7 Å². The highest BCUT2D eigenvalue weighted by Crippen LogP contribution is 2.20. The van der Waals surface area contributed by atoms with Crippen LogP contribution in [0.4, 0.5) is 5.69 Å². The smallest absolute Gasteiger partial charge is 0.241 e. The quantitative estimate of drug-likeness (QED) is 0.779. The molecule has 0 aliphatic heterocycles. The molecule has 20 heavy (non-hydrogen) atoms. The summed E-state index contributed by atoms with van der Waals surface area (Å²) in [5.41, 5.74) is -0.0834. The minimum absolute atomic E-state index is 0.0606. The second-order valence-electron chi connectivity index (χ2n) is 5.74. The highest BCUT2D eigenvalue weighted by molar-refractivity contribution is 6.20. The third kappa shape index (κ3) is 3.96. The van der Waals surface area contributed by atoms with E-state index in [0.717, 1.165) is 12.8 Å². The number of amides is 2. The summed E-state index contributed by atoms with van der Waals surface area (Å²) in [6.07, 6.45) is 5.26. The summed E-state index contributed by atoms with van der Waals surface area (Å²) in [5, 5.41) is 9.68. The summed E-state index contributed by atoms with van der Waals surface area (Å²) >= 11 is 5.75. The average molecular weight is 299 g/mol. The number of alkyl halides is 1. The van der Waals surface area contributed by atoms with Crippen LogP contribution in [0.2, 0.25) is 0 Å². The van der Waals surface area contributed by atoms with Gasteiger partial charge >= 0.3 is 0 Å². The number of carbonyl (C=O) groups is 2. The first kappa shape index (κ1) is 14.8. The van der Waals surface area contributed by atoms with Crippen molar-refractivity contribution in [2.24, 2.45) is 5.41 Å². The molecule has 2 N–H and O–H groups in total. The van der Waals surface area contributed by atoms with Gasteiger partial charge in [0.15, 0.2) is 0 Å². The van der Waals surface area contributed by atoms with Crippen LogP contribution in [0.5, 0.6) is 0 Å². The van der Waals surface area contributed by atoms with Crippen molar-refractivity contribution in [1.82, 2.24) is 15.1 Å². The number of nitrogens with one attached hydrogen (secondary N) is 2. The zero-order valence-corrected chi connectivity index (χ0v) is 12.4. The molecule has 2 amide bonds. The largest absolute Gasteiger partial charge is 0.352 e. The summed E-state index contributed by atoms with van der Waals surface area (Å²) in [6, 6.07) is 0.335. The normalized spacial score (nSPS) is 14.9. The number of halogens is 1. The molecule has 1 aliphatic carbocycles. The number of rotatable bonds is 6. The first-order valence-corrected chi connectivity index (χ1v) is 7.13. The van der Waals surface area contributed by atoms with Gasteiger partial charge in [0.05, 0.1) is 17.3 Å². The number of hydrogen-bond donors (Lipinski definition) is 2. The van der Waals surface area contributed by atoms with Gasteiger partial charge < -0.3 is 10.6 Å². The van der Waals surface area contributed by atoms with Crippen molar-refractivity contribution in [3.05, 3.63) is 12.4 Å². The molecule has 7 heteroatoms. The molecule has 1 fully saturated rings. The molecule has 110 valence electrons. The van der Waals surface area contributed by atoms with Crippen molar-refractivity contribution in [2.75, 3.05) is 11.2 Å². The summed E-state index contributed by atoms with van der Waals surface area (Å²) in [4.78, 5) is 23.6. The van der Waals surface area contributed by atoms with Gasteiger partial charge in [0.2, 0.25) is 11.8 Å². The van der Waals surface area contributed by atoms with Crippen LogP contribution >= 0.6 is 11.6 Å². The molecule has 0 unspecified atom stereocenters. The van der Waals surface area contributed by atoms with E-state index in [-0.39, 0.29) is 24.2 Å². The molecule has 2 rings (SSSR count). The highest BCUT2D eigenvalue weighted by Gasteiger charge is 2.27. The van der Waals surface area contributed by atoms with Crippen LogP contribution in [0.3, 0.4) is 0 Å². The third-order valence-corrected chi connectivity index (χ3v) is 3.76. The summed E-state index contributed by atoms with van der Waals surface area (Å²) in [6.45, 7) is 3.69. The average Bonchev–Trinajstić information content (AvgIpc) is 3.09.